The molecule has 2 saturated heterocycles. The van der Waals surface area contributed by atoms with Crippen molar-refractivity contribution in [3.63, 3.8) is 0 Å². The minimum Gasteiger partial charge on any atom is -0.465 e. The number of H-pyrrole nitrogens is 1. The third-order valence-electron chi connectivity index (χ3n) is 10.2. The van der Waals surface area contributed by atoms with Crippen LogP contribution in [-0.4, -0.2) is 32.6 Å². The first-order valence-corrected chi connectivity index (χ1v) is 16.2. The molecule has 4 aromatic rings. The summed E-state index contributed by atoms with van der Waals surface area (Å²) in [5.41, 5.74) is 13.0. The largest absolute Gasteiger partial charge is 0.465 e. The van der Waals surface area contributed by atoms with Crippen LogP contribution >= 0.6 is 0 Å². The van der Waals surface area contributed by atoms with Crippen LogP contribution in [0.4, 0.5) is 16.2 Å². The molecular formula is C38H47N5O2. The molecule has 3 aromatic carbocycles. The maximum absolute atomic E-state index is 12.3. The topological polar surface area (TPSA) is 98.5 Å². The van der Waals surface area contributed by atoms with Crippen LogP contribution in [0.5, 0.6) is 0 Å². The first kappa shape index (κ1) is 30.8. The Morgan fingerprint density at radius 3 is 2.00 bits per heavy atom. The number of anilines is 2. The number of aromatic amines is 1. The number of hydrogen-bond acceptors (Lipinski definition) is 4. The van der Waals surface area contributed by atoms with Crippen LogP contribution in [0.15, 0.2) is 79.0 Å². The fourth-order valence-corrected chi connectivity index (χ4v) is 7.70. The van der Waals surface area contributed by atoms with Crippen LogP contribution in [0.3, 0.4) is 0 Å². The Morgan fingerprint density at radius 2 is 1.47 bits per heavy atom. The van der Waals surface area contributed by atoms with Crippen molar-refractivity contribution in [1.82, 2.24) is 14.9 Å². The SMILES string of the molecule is CC(C)(C)c1ccc(N2C(c3ccc(N)cc3)CCC2c2ccc(-c3cnc([C@@]4(C(C)(C)C)CCCN4C(=O)O)[nH]3)cc2)cc1. The Labute approximate surface area is 267 Å². The number of rotatable bonds is 5. The number of imidazole rings is 1. The van der Waals surface area contributed by atoms with Gasteiger partial charge in [0.15, 0.2) is 0 Å². The smallest absolute Gasteiger partial charge is 0.408 e. The van der Waals surface area contributed by atoms with Gasteiger partial charge >= 0.3 is 6.09 Å². The zero-order valence-corrected chi connectivity index (χ0v) is 27.5. The summed E-state index contributed by atoms with van der Waals surface area (Å²) in [7, 11) is 0. The molecule has 0 bridgehead atoms. The van der Waals surface area contributed by atoms with Gasteiger partial charge in [-0.25, -0.2) is 9.78 Å². The summed E-state index contributed by atoms with van der Waals surface area (Å²) in [5, 5.41) is 10.1. The van der Waals surface area contributed by atoms with Gasteiger partial charge in [0.25, 0.3) is 0 Å². The minimum absolute atomic E-state index is 0.0951. The molecule has 7 heteroatoms. The van der Waals surface area contributed by atoms with Crippen molar-refractivity contribution in [2.75, 3.05) is 17.2 Å². The standard InChI is InChI=1S/C38H47N5O2/c1-36(2,3)28-14-18-30(19-15-28)43-32(20-21-33(43)27-12-16-29(39)17-13-27)26-10-8-25(9-11-26)31-24-40-34(41-31)38(37(4,5)6)22-7-23-42(38)35(44)45/h8-19,24,32-33H,7,20-23,39H2,1-6H3,(H,40,41)(H,44,45)/t32?,33?,38-/m1/s1. The van der Waals surface area contributed by atoms with E-state index >= 15 is 0 Å². The summed E-state index contributed by atoms with van der Waals surface area (Å²) in [4.78, 5) is 24.8. The summed E-state index contributed by atoms with van der Waals surface area (Å²) in [6.07, 6.45) is 4.63. The van der Waals surface area contributed by atoms with Gasteiger partial charge in [0.05, 0.1) is 24.0 Å². The van der Waals surface area contributed by atoms with E-state index in [-0.39, 0.29) is 22.9 Å². The van der Waals surface area contributed by atoms with Gasteiger partial charge in [0.1, 0.15) is 11.4 Å². The number of nitrogens with one attached hydrogen (secondary N) is 1. The predicted molar refractivity (Wildman–Crippen MR) is 182 cm³/mol. The molecule has 0 radical (unpaired) electrons. The number of carboxylic acid groups (broad SMARTS) is 1. The summed E-state index contributed by atoms with van der Waals surface area (Å²) in [6, 6.07) is 26.7. The van der Waals surface area contributed by atoms with Crippen molar-refractivity contribution in [3.8, 4) is 11.3 Å². The van der Waals surface area contributed by atoms with E-state index in [0.29, 0.717) is 6.54 Å². The lowest BCUT2D eigenvalue weighted by Gasteiger charge is -2.45. The van der Waals surface area contributed by atoms with Crippen molar-refractivity contribution in [2.45, 2.75) is 90.3 Å². The van der Waals surface area contributed by atoms with Crippen LogP contribution < -0.4 is 10.6 Å². The van der Waals surface area contributed by atoms with Crippen molar-refractivity contribution >= 4 is 17.5 Å². The fourth-order valence-electron chi connectivity index (χ4n) is 7.70. The summed E-state index contributed by atoms with van der Waals surface area (Å²) in [6.45, 7) is 13.6. The van der Waals surface area contributed by atoms with Gasteiger partial charge in [-0.1, -0.05) is 90.1 Å². The molecule has 2 unspecified atom stereocenters. The number of nitrogen functional groups attached to an aromatic ring is 1. The maximum atomic E-state index is 12.3. The normalized spacial score (nSPS) is 22.3. The molecule has 3 heterocycles. The molecule has 0 aliphatic carbocycles. The summed E-state index contributed by atoms with van der Waals surface area (Å²) >= 11 is 0. The Bertz CT molecular complexity index is 1640. The quantitative estimate of drug-likeness (QED) is 0.197. The lowest BCUT2D eigenvalue weighted by atomic mass is 9.71. The van der Waals surface area contributed by atoms with Gasteiger partial charge in [-0.3, -0.25) is 4.90 Å². The van der Waals surface area contributed by atoms with Crippen LogP contribution in [0.25, 0.3) is 11.3 Å². The number of hydrogen-bond donors (Lipinski definition) is 3. The molecule has 2 aliphatic rings. The highest BCUT2D eigenvalue weighted by Gasteiger charge is 2.55. The van der Waals surface area contributed by atoms with E-state index in [1.807, 2.05) is 18.3 Å². The number of nitrogens with zero attached hydrogens (tertiary/aromatic N) is 3. The fraction of sp³-hybridized carbons (Fsp3) is 0.421. The Hall–Kier alpha value is -4.26. The van der Waals surface area contributed by atoms with Gasteiger partial charge in [-0.05, 0) is 83.0 Å². The van der Waals surface area contributed by atoms with E-state index in [2.05, 4.69) is 112 Å². The monoisotopic (exact) mass is 605 g/mol. The molecule has 2 fully saturated rings. The van der Waals surface area contributed by atoms with Crippen LogP contribution in [0.2, 0.25) is 0 Å². The molecular weight excluding hydrogens is 558 g/mol. The van der Waals surface area contributed by atoms with Crippen molar-refractivity contribution in [2.24, 2.45) is 5.41 Å². The average molecular weight is 606 g/mol. The van der Waals surface area contributed by atoms with Gasteiger partial charge in [0, 0.05) is 17.9 Å². The highest BCUT2D eigenvalue weighted by atomic mass is 16.4. The maximum Gasteiger partial charge on any atom is 0.408 e. The molecule has 0 spiro atoms. The molecule has 45 heavy (non-hydrogen) atoms. The number of nitrogens with two attached hydrogens (primary N) is 1. The van der Waals surface area contributed by atoms with Crippen molar-refractivity contribution in [1.29, 1.82) is 0 Å². The second-order valence-electron chi connectivity index (χ2n) is 14.9. The molecule has 0 saturated carbocycles. The van der Waals surface area contributed by atoms with Gasteiger partial charge in [-0.15, -0.1) is 0 Å². The summed E-state index contributed by atoms with van der Waals surface area (Å²) < 4.78 is 0. The Kier molecular flexibility index (Phi) is 7.70. The van der Waals surface area contributed by atoms with E-state index in [4.69, 9.17) is 10.7 Å². The highest BCUT2D eigenvalue weighted by molar-refractivity contribution is 5.68. The molecule has 6 rings (SSSR count). The summed E-state index contributed by atoms with van der Waals surface area (Å²) in [5.74, 6) is 0.723. The zero-order chi connectivity index (χ0) is 32.1. The molecule has 1 aromatic heterocycles. The molecule has 236 valence electrons. The minimum atomic E-state index is -0.892. The molecule has 3 atom stereocenters. The molecule has 7 nitrogen and oxygen atoms in total. The van der Waals surface area contributed by atoms with Crippen LogP contribution in [0.1, 0.15) is 102 Å². The first-order chi connectivity index (χ1) is 21.3. The lowest BCUT2D eigenvalue weighted by molar-refractivity contribution is 0.0217. The number of amides is 1. The highest BCUT2D eigenvalue weighted by Crippen LogP contribution is 2.51. The Balaban J connectivity index is 1.32. The third-order valence-corrected chi connectivity index (χ3v) is 10.2. The molecule has 4 N–H and O–H groups in total. The zero-order valence-electron chi connectivity index (χ0n) is 27.5. The van der Waals surface area contributed by atoms with E-state index < -0.39 is 11.6 Å². The van der Waals surface area contributed by atoms with Crippen LogP contribution in [0, 0.1) is 5.41 Å². The number of benzene rings is 3. The van der Waals surface area contributed by atoms with E-state index in [1.165, 1.54) is 22.4 Å². The second-order valence-corrected chi connectivity index (χ2v) is 14.9. The van der Waals surface area contributed by atoms with Crippen LogP contribution in [-0.2, 0) is 11.0 Å². The first-order valence-electron chi connectivity index (χ1n) is 16.2. The van der Waals surface area contributed by atoms with E-state index in [0.717, 1.165) is 48.5 Å². The van der Waals surface area contributed by atoms with Crippen molar-refractivity contribution < 1.29 is 9.90 Å². The third kappa shape index (κ3) is 5.47. The van der Waals surface area contributed by atoms with Gasteiger partial charge < -0.3 is 20.7 Å². The molecule has 1 amide bonds. The lowest BCUT2D eigenvalue weighted by Crippen LogP contribution is -2.53. The second kappa shape index (κ2) is 11.3. The van der Waals surface area contributed by atoms with Gasteiger partial charge in [0.2, 0.25) is 0 Å². The van der Waals surface area contributed by atoms with E-state index in [1.54, 1.807) is 4.90 Å². The number of aromatic nitrogens is 2. The molecule has 2 aliphatic heterocycles. The van der Waals surface area contributed by atoms with E-state index in [9.17, 15) is 9.90 Å². The predicted octanol–water partition coefficient (Wildman–Crippen LogP) is 9.05. The number of likely N-dealkylation sites (tertiary alicyclic amines) is 1. The van der Waals surface area contributed by atoms with Crippen molar-refractivity contribution in [3.05, 3.63) is 102 Å². The Morgan fingerprint density at radius 1 is 0.889 bits per heavy atom. The van der Waals surface area contributed by atoms with Gasteiger partial charge in [-0.2, -0.15) is 0 Å². The number of carbonyl (C=O) groups is 1. The average Bonchev–Trinajstić information content (AvgIpc) is 3.76.